The largest absolute Gasteiger partial charge is 0.362 e. The summed E-state index contributed by atoms with van der Waals surface area (Å²) in [4.78, 5) is 0. The predicted octanol–water partition coefficient (Wildman–Crippen LogP) is 2.88. The molecule has 0 spiro atoms. The molecular weight excluding hydrogens is 252 g/mol. The Morgan fingerprint density at radius 3 is 2.68 bits per heavy atom. The Labute approximate surface area is 121 Å². The van der Waals surface area contributed by atoms with E-state index in [1.54, 1.807) is 0 Å². The van der Waals surface area contributed by atoms with Crippen LogP contribution in [0.3, 0.4) is 0 Å². The van der Waals surface area contributed by atoms with E-state index in [4.69, 9.17) is 12.2 Å². The third kappa shape index (κ3) is 3.27. The number of hydrogen-bond acceptors (Lipinski definition) is 1. The van der Waals surface area contributed by atoms with E-state index in [0.29, 0.717) is 6.04 Å². The average Bonchev–Trinajstić information content (AvgIpc) is 3.02. The van der Waals surface area contributed by atoms with E-state index in [0.717, 1.165) is 29.9 Å². The van der Waals surface area contributed by atoms with Gasteiger partial charge in [-0.25, -0.2) is 0 Å². The maximum atomic E-state index is 5.40. The number of rotatable bonds is 4. The van der Waals surface area contributed by atoms with E-state index >= 15 is 0 Å². The summed E-state index contributed by atoms with van der Waals surface area (Å²) in [5.41, 5.74) is 1.36. The summed E-state index contributed by atoms with van der Waals surface area (Å²) in [6, 6.07) is 11.2. The minimum atomic E-state index is 0.635. The van der Waals surface area contributed by atoms with Crippen LogP contribution in [-0.4, -0.2) is 17.7 Å². The summed E-state index contributed by atoms with van der Waals surface area (Å²) < 4.78 is 0. The van der Waals surface area contributed by atoms with Gasteiger partial charge in [-0.3, -0.25) is 0 Å². The second kappa shape index (κ2) is 5.91. The minimum Gasteiger partial charge on any atom is -0.362 e. The molecule has 3 heteroatoms. The first-order valence-electron chi connectivity index (χ1n) is 7.39. The van der Waals surface area contributed by atoms with E-state index in [1.807, 2.05) is 0 Å². The van der Waals surface area contributed by atoms with Crippen molar-refractivity contribution in [3.8, 4) is 0 Å². The Balaban J connectivity index is 1.38. The van der Waals surface area contributed by atoms with Crippen LogP contribution in [0.4, 0.5) is 0 Å². The van der Waals surface area contributed by atoms with Crippen LogP contribution in [0.5, 0.6) is 0 Å². The molecule has 2 nitrogen and oxygen atoms in total. The van der Waals surface area contributed by atoms with Crippen LogP contribution in [0.25, 0.3) is 0 Å². The zero-order valence-corrected chi connectivity index (χ0v) is 12.1. The van der Waals surface area contributed by atoms with Crippen molar-refractivity contribution in [2.75, 3.05) is 6.54 Å². The first-order valence-corrected chi connectivity index (χ1v) is 7.80. The number of benzene rings is 1. The highest BCUT2D eigenvalue weighted by molar-refractivity contribution is 7.80. The molecule has 19 heavy (non-hydrogen) atoms. The summed E-state index contributed by atoms with van der Waals surface area (Å²) in [7, 11) is 0. The van der Waals surface area contributed by atoms with Crippen LogP contribution in [0.2, 0.25) is 0 Å². The number of thiocarbonyl (C=S) groups is 1. The van der Waals surface area contributed by atoms with Gasteiger partial charge >= 0.3 is 0 Å². The Morgan fingerprint density at radius 1 is 1.16 bits per heavy atom. The van der Waals surface area contributed by atoms with Crippen LogP contribution in [0.15, 0.2) is 30.3 Å². The van der Waals surface area contributed by atoms with Crippen LogP contribution in [-0.2, 0) is 6.42 Å². The van der Waals surface area contributed by atoms with Gasteiger partial charge in [0, 0.05) is 12.6 Å². The van der Waals surface area contributed by atoms with Gasteiger partial charge < -0.3 is 10.6 Å². The number of nitrogens with one attached hydrogen (secondary N) is 2. The van der Waals surface area contributed by atoms with E-state index in [9.17, 15) is 0 Å². The molecule has 0 aromatic heterocycles. The molecule has 0 aliphatic heterocycles. The molecule has 1 aromatic carbocycles. The van der Waals surface area contributed by atoms with Crippen molar-refractivity contribution in [3.63, 3.8) is 0 Å². The Kier molecular flexibility index (Phi) is 4.02. The molecule has 3 unspecified atom stereocenters. The molecule has 2 aliphatic rings. The molecule has 3 atom stereocenters. The van der Waals surface area contributed by atoms with Crippen molar-refractivity contribution < 1.29 is 0 Å². The molecule has 1 aromatic rings. The van der Waals surface area contributed by atoms with Crippen LogP contribution >= 0.6 is 12.2 Å². The summed E-state index contributed by atoms with van der Waals surface area (Å²) in [5.74, 6) is 1.84. The highest BCUT2D eigenvalue weighted by atomic mass is 32.1. The molecule has 0 saturated heterocycles. The van der Waals surface area contributed by atoms with Crippen molar-refractivity contribution in [2.45, 2.75) is 38.1 Å². The zero-order valence-electron chi connectivity index (χ0n) is 11.3. The van der Waals surface area contributed by atoms with Crippen molar-refractivity contribution in [1.29, 1.82) is 0 Å². The van der Waals surface area contributed by atoms with Gasteiger partial charge in [0.05, 0.1) is 0 Å². The van der Waals surface area contributed by atoms with Gasteiger partial charge in [-0.2, -0.15) is 0 Å². The van der Waals surface area contributed by atoms with Gasteiger partial charge in [-0.1, -0.05) is 36.8 Å². The normalized spacial score (nSPS) is 28.3. The Morgan fingerprint density at radius 2 is 2.00 bits per heavy atom. The maximum absolute atomic E-state index is 5.40. The van der Waals surface area contributed by atoms with Crippen molar-refractivity contribution >= 4 is 17.3 Å². The molecule has 0 radical (unpaired) electrons. The fourth-order valence-electron chi connectivity index (χ4n) is 3.61. The van der Waals surface area contributed by atoms with Gasteiger partial charge in [0.25, 0.3) is 0 Å². The van der Waals surface area contributed by atoms with Crippen LogP contribution in [0, 0.1) is 11.8 Å². The second-order valence-electron chi connectivity index (χ2n) is 5.92. The average molecular weight is 274 g/mol. The lowest BCUT2D eigenvalue weighted by molar-refractivity contribution is 0.389. The lowest BCUT2D eigenvalue weighted by Gasteiger charge is -2.24. The standard InChI is InChI=1S/C16H22N2S/c19-16(17-9-8-12-4-2-1-3-5-12)18-15-11-13-6-7-14(15)10-13/h1-5,13-15H,6-11H2,(H2,17,18,19). The molecule has 3 rings (SSSR count). The van der Waals surface area contributed by atoms with E-state index in [-0.39, 0.29) is 0 Å². The second-order valence-corrected chi connectivity index (χ2v) is 6.33. The van der Waals surface area contributed by atoms with E-state index in [2.05, 4.69) is 41.0 Å². The molecular formula is C16H22N2S. The molecule has 2 saturated carbocycles. The Hall–Kier alpha value is -1.09. The molecule has 2 bridgehead atoms. The van der Waals surface area contributed by atoms with Gasteiger partial charge in [-0.05, 0) is 55.3 Å². The third-order valence-corrected chi connectivity index (χ3v) is 4.86. The SMILES string of the molecule is S=C(NCCc1ccccc1)NC1CC2CCC1C2. The summed E-state index contributed by atoms with van der Waals surface area (Å²) in [6.07, 6.45) is 6.61. The van der Waals surface area contributed by atoms with E-state index in [1.165, 1.54) is 31.2 Å². The molecule has 0 amide bonds. The number of fused-ring (bicyclic) bond motifs is 2. The fraction of sp³-hybridized carbons (Fsp3) is 0.562. The van der Waals surface area contributed by atoms with Crippen LogP contribution in [0.1, 0.15) is 31.2 Å². The lowest BCUT2D eigenvalue weighted by Crippen LogP contribution is -2.44. The lowest BCUT2D eigenvalue weighted by atomic mass is 9.96. The van der Waals surface area contributed by atoms with Gasteiger partial charge in [-0.15, -0.1) is 0 Å². The summed E-state index contributed by atoms with van der Waals surface area (Å²) in [5, 5.41) is 7.70. The third-order valence-electron chi connectivity index (χ3n) is 4.60. The van der Waals surface area contributed by atoms with Crippen LogP contribution < -0.4 is 10.6 Å². The fourth-order valence-corrected chi connectivity index (χ4v) is 3.86. The minimum absolute atomic E-state index is 0.635. The molecule has 2 N–H and O–H groups in total. The molecule has 2 aliphatic carbocycles. The first-order chi connectivity index (χ1) is 9.31. The van der Waals surface area contributed by atoms with Crippen molar-refractivity contribution in [3.05, 3.63) is 35.9 Å². The molecule has 2 fully saturated rings. The van der Waals surface area contributed by atoms with Gasteiger partial charge in [0.2, 0.25) is 0 Å². The highest BCUT2D eigenvalue weighted by Crippen LogP contribution is 2.44. The van der Waals surface area contributed by atoms with Crippen molar-refractivity contribution in [2.24, 2.45) is 11.8 Å². The van der Waals surface area contributed by atoms with Crippen molar-refractivity contribution in [1.82, 2.24) is 10.6 Å². The molecule has 0 heterocycles. The topological polar surface area (TPSA) is 24.1 Å². The predicted molar refractivity (Wildman–Crippen MR) is 83.1 cm³/mol. The molecule has 102 valence electrons. The van der Waals surface area contributed by atoms with Gasteiger partial charge in [0.1, 0.15) is 0 Å². The first kappa shape index (κ1) is 12.9. The quantitative estimate of drug-likeness (QED) is 0.826. The smallest absolute Gasteiger partial charge is 0.166 e. The maximum Gasteiger partial charge on any atom is 0.166 e. The zero-order chi connectivity index (χ0) is 13.1. The monoisotopic (exact) mass is 274 g/mol. The number of hydrogen-bond donors (Lipinski definition) is 2. The van der Waals surface area contributed by atoms with Gasteiger partial charge in [0.15, 0.2) is 5.11 Å². The Bertz CT molecular complexity index is 432. The highest BCUT2D eigenvalue weighted by Gasteiger charge is 2.39. The van der Waals surface area contributed by atoms with E-state index < -0.39 is 0 Å². The summed E-state index contributed by atoms with van der Waals surface area (Å²) >= 11 is 5.40. The summed E-state index contributed by atoms with van der Waals surface area (Å²) in [6.45, 7) is 0.913.